The van der Waals surface area contributed by atoms with Crippen LogP contribution >= 0.6 is 0 Å². The van der Waals surface area contributed by atoms with Gasteiger partial charge < -0.3 is 10.2 Å². The normalized spacial score (nSPS) is 20.9. The maximum Gasteiger partial charge on any atom is 0.0194 e. The van der Waals surface area contributed by atoms with Gasteiger partial charge in [-0.2, -0.15) is 0 Å². The van der Waals surface area contributed by atoms with E-state index < -0.39 is 0 Å². The Balaban J connectivity index is 1.69. The molecule has 0 aliphatic carbocycles. The predicted molar refractivity (Wildman–Crippen MR) is 77.9 cm³/mol. The first-order valence-electron chi connectivity index (χ1n) is 7.30. The number of hydrogen-bond donors (Lipinski definition) is 1. The zero-order valence-corrected chi connectivity index (χ0v) is 11.6. The third-order valence-electron chi connectivity index (χ3n) is 3.82. The first-order valence-corrected chi connectivity index (χ1v) is 7.30. The smallest absolute Gasteiger partial charge is 0.0194 e. The number of rotatable bonds is 5. The Kier molecular flexibility index (Phi) is 5.69. The lowest BCUT2D eigenvalue weighted by Crippen LogP contribution is -2.39. The van der Waals surface area contributed by atoms with Crippen LogP contribution < -0.4 is 5.32 Å². The van der Waals surface area contributed by atoms with Gasteiger partial charge in [-0.15, -0.1) is 0 Å². The van der Waals surface area contributed by atoms with Gasteiger partial charge in [-0.1, -0.05) is 43.2 Å². The topological polar surface area (TPSA) is 15.3 Å². The van der Waals surface area contributed by atoms with Crippen LogP contribution in [0, 0.1) is 0 Å². The molecule has 2 nitrogen and oxygen atoms in total. The quantitative estimate of drug-likeness (QED) is 0.859. The molecular weight excluding hydrogens is 220 g/mol. The van der Waals surface area contributed by atoms with E-state index in [0.717, 1.165) is 13.0 Å². The third kappa shape index (κ3) is 4.79. The maximum absolute atomic E-state index is 3.67. The van der Waals surface area contributed by atoms with Gasteiger partial charge in [0.1, 0.15) is 0 Å². The van der Waals surface area contributed by atoms with Crippen molar-refractivity contribution >= 4 is 0 Å². The lowest BCUT2D eigenvalue weighted by atomic mass is 10.1. The van der Waals surface area contributed by atoms with E-state index in [1.54, 1.807) is 0 Å². The van der Waals surface area contributed by atoms with Crippen molar-refractivity contribution in [2.24, 2.45) is 0 Å². The molecule has 0 aromatic heterocycles. The highest BCUT2D eigenvalue weighted by Gasteiger charge is 2.13. The van der Waals surface area contributed by atoms with E-state index in [0.29, 0.717) is 6.04 Å². The average Bonchev–Trinajstić information content (AvgIpc) is 2.66. The van der Waals surface area contributed by atoms with Crippen LogP contribution in [0.3, 0.4) is 0 Å². The van der Waals surface area contributed by atoms with Crippen LogP contribution in [0.15, 0.2) is 30.3 Å². The lowest BCUT2D eigenvalue weighted by molar-refractivity contribution is 0.288. The van der Waals surface area contributed by atoms with Crippen LogP contribution in [0.5, 0.6) is 0 Å². The van der Waals surface area contributed by atoms with Crippen LogP contribution in [-0.4, -0.2) is 37.6 Å². The molecule has 1 heterocycles. The summed E-state index contributed by atoms with van der Waals surface area (Å²) in [6, 6.07) is 11.5. The molecule has 2 heteroatoms. The fourth-order valence-electron chi connectivity index (χ4n) is 2.69. The Morgan fingerprint density at radius 3 is 2.83 bits per heavy atom. The van der Waals surface area contributed by atoms with Crippen molar-refractivity contribution in [3.8, 4) is 0 Å². The summed E-state index contributed by atoms with van der Waals surface area (Å²) < 4.78 is 0. The fourth-order valence-corrected chi connectivity index (χ4v) is 2.69. The summed E-state index contributed by atoms with van der Waals surface area (Å²) in [6.07, 6.45) is 6.64. The summed E-state index contributed by atoms with van der Waals surface area (Å²) in [4.78, 5) is 2.47. The summed E-state index contributed by atoms with van der Waals surface area (Å²) in [7, 11) is 2.25. The van der Waals surface area contributed by atoms with Crippen LogP contribution in [-0.2, 0) is 6.42 Å². The Bertz CT molecular complexity index is 315. The van der Waals surface area contributed by atoms with Crippen molar-refractivity contribution in [2.75, 3.05) is 26.7 Å². The van der Waals surface area contributed by atoms with E-state index in [2.05, 4.69) is 47.6 Å². The largest absolute Gasteiger partial charge is 0.313 e. The number of nitrogens with zero attached hydrogens (tertiary/aromatic N) is 1. The second-order valence-electron chi connectivity index (χ2n) is 5.50. The highest BCUT2D eigenvalue weighted by Crippen LogP contribution is 2.09. The van der Waals surface area contributed by atoms with Gasteiger partial charge in [-0.25, -0.2) is 0 Å². The van der Waals surface area contributed by atoms with Crippen molar-refractivity contribution in [1.29, 1.82) is 0 Å². The third-order valence-corrected chi connectivity index (χ3v) is 3.82. The maximum atomic E-state index is 3.67. The van der Waals surface area contributed by atoms with Gasteiger partial charge in [-0.3, -0.25) is 0 Å². The molecule has 0 saturated carbocycles. The molecule has 1 fully saturated rings. The average molecular weight is 246 g/mol. The van der Waals surface area contributed by atoms with E-state index in [1.807, 2.05) is 0 Å². The van der Waals surface area contributed by atoms with E-state index in [9.17, 15) is 0 Å². The van der Waals surface area contributed by atoms with Gasteiger partial charge in [0.15, 0.2) is 0 Å². The predicted octanol–water partition coefficient (Wildman–Crippen LogP) is 2.69. The molecular formula is C16H26N2. The minimum atomic E-state index is 0.702. The van der Waals surface area contributed by atoms with E-state index in [1.165, 1.54) is 44.3 Å². The molecule has 18 heavy (non-hydrogen) atoms. The molecule has 1 aromatic rings. The summed E-state index contributed by atoms with van der Waals surface area (Å²) in [5, 5.41) is 3.67. The monoisotopic (exact) mass is 246 g/mol. The summed E-state index contributed by atoms with van der Waals surface area (Å²) >= 11 is 0. The molecule has 1 aromatic carbocycles. The molecule has 0 spiro atoms. The van der Waals surface area contributed by atoms with Crippen molar-refractivity contribution in [1.82, 2.24) is 10.2 Å². The van der Waals surface area contributed by atoms with Crippen molar-refractivity contribution < 1.29 is 0 Å². The highest BCUT2D eigenvalue weighted by molar-refractivity contribution is 5.14. The second kappa shape index (κ2) is 7.55. The molecule has 0 radical (unpaired) electrons. The summed E-state index contributed by atoms with van der Waals surface area (Å²) in [5.41, 5.74) is 1.44. The molecule has 1 unspecified atom stereocenters. The van der Waals surface area contributed by atoms with Crippen LogP contribution in [0.4, 0.5) is 0 Å². The SMILES string of the molecule is CN(CCc1ccccc1)CC1CCCCCN1. The lowest BCUT2D eigenvalue weighted by Gasteiger charge is -2.23. The Morgan fingerprint density at radius 1 is 1.17 bits per heavy atom. The van der Waals surface area contributed by atoms with Crippen molar-refractivity contribution in [2.45, 2.75) is 38.1 Å². The number of nitrogens with one attached hydrogen (secondary N) is 1. The molecule has 1 N–H and O–H groups in total. The van der Waals surface area contributed by atoms with E-state index in [4.69, 9.17) is 0 Å². The van der Waals surface area contributed by atoms with Gasteiger partial charge in [0.25, 0.3) is 0 Å². The Morgan fingerprint density at radius 2 is 2.00 bits per heavy atom. The van der Waals surface area contributed by atoms with Crippen LogP contribution in [0.1, 0.15) is 31.2 Å². The minimum absolute atomic E-state index is 0.702. The van der Waals surface area contributed by atoms with E-state index in [-0.39, 0.29) is 0 Å². The van der Waals surface area contributed by atoms with E-state index >= 15 is 0 Å². The van der Waals surface area contributed by atoms with Crippen LogP contribution in [0.25, 0.3) is 0 Å². The molecule has 1 atom stereocenters. The van der Waals surface area contributed by atoms with Crippen LogP contribution in [0.2, 0.25) is 0 Å². The van der Waals surface area contributed by atoms with Crippen molar-refractivity contribution in [3.05, 3.63) is 35.9 Å². The van der Waals surface area contributed by atoms with Crippen molar-refractivity contribution in [3.63, 3.8) is 0 Å². The Labute approximate surface area is 111 Å². The molecule has 0 amide bonds. The van der Waals surface area contributed by atoms with Gasteiger partial charge in [0.2, 0.25) is 0 Å². The zero-order chi connectivity index (χ0) is 12.6. The fraction of sp³-hybridized carbons (Fsp3) is 0.625. The summed E-state index contributed by atoms with van der Waals surface area (Å²) in [6.45, 7) is 3.55. The molecule has 1 aliphatic heterocycles. The first kappa shape index (κ1) is 13.6. The van der Waals surface area contributed by atoms with Gasteiger partial charge >= 0.3 is 0 Å². The first-order chi connectivity index (χ1) is 8.84. The molecule has 100 valence electrons. The van der Waals surface area contributed by atoms with Gasteiger partial charge in [0, 0.05) is 19.1 Å². The molecule has 1 saturated heterocycles. The molecule has 0 bridgehead atoms. The number of likely N-dealkylation sites (N-methyl/N-ethyl adjacent to an activating group) is 1. The molecule has 1 aliphatic rings. The highest BCUT2D eigenvalue weighted by atomic mass is 15.1. The summed E-state index contributed by atoms with van der Waals surface area (Å²) in [5.74, 6) is 0. The zero-order valence-electron chi connectivity index (χ0n) is 11.6. The second-order valence-corrected chi connectivity index (χ2v) is 5.50. The Hall–Kier alpha value is -0.860. The van der Waals surface area contributed by atoms with Gasteiger partial charge in [-0.05, 0) is 38.4 Å². The number of benzene rings is 1. The molecule has 2 rings (SSSR count). The number of hydrogen-bond acceptors (Lipinski definition) is 2. The standard InChI is InChI=1S/C16H26N2/c1-18(13-11-15-8-4-2-5-9-15)14-16-10-6-3-7-12-17-16/h2,4-5,8-9,16-17H,3,6-7,10-14H2,1H3. The van der Waals surface area contributed by atoms with Gasteiger partial charge in [0.05, 0.1) is 0 Å². The minimum Gasteiger partial charge on any atom is -0.313 e.